The molecule has 4 rings (SSSR count). The van der Waals surface area contributed by atoms with Crippen LogP contribution in [0.5, 0.6) is 0 Å². The van der Waals surface area contributed by atoms with E-state index in [1.54, 1.807) is 15.8 Å². The van der Waals surface area contributed by atoms with E-state index in [0.717, 1.165) is 6.26 Å². The Morgan fingerprint density at radius 1 is 1.34 bits per heavy atom. The molecule has 2 atom stereocenters. The lowest BCUT2D eigenvalue weighted by molar-refractivity contribution is -0.134. The summed E-state index contributed by atoms with van der Waals surface area (Å²) in [6.07, 6.45) is 2.76. The molecule has 1 unspecified atom stereocenters. The van der Waals surface area contributed by atoms with E-state index in [1.165, 1.54) is 23.1 Å². The first kappa shape index (κ1) is 22.7. The summed E-state index contributed by atoms with van der Waals surface area (Å²) in [5, 5.41) is 4.34. The Bertz CT molecular complexity index is 1180. The van der Waals surface area contributed by atoms with Gasteiger partial charge in [-0.25, -0.2) is 17.5 Å². The van der Waals surface area contributed by atoms with Crippen molar-refractivity contribution in [1.29, 1.82) is 0 Å². The molecule has 1 N–H and O–H groups in total. The van der Waals surface area contributed by atoms with Gasteiger partial charge in [0.25, 0.3) is 0 Å². The third-order valence-electron chi connectivity index (χ3n) is 5.67. The predicted octanol–water partition coefficient (Wildman–Crippen LogP) is 1.30. The minimum atomic E-state index is -3.44. The maximum absolute atomic E-state index is 13.4. The van der Waals surface area contributed by atoms with Gasteiger partial charge >= 0.3 is 0 Å². The summed E-state index contributed by atoms with van der Waals surface area (Å²) >= 11 is 5.83. The fourth-order valence-corrected chi connectivity index (χ4v) is 5.16. The van der Waals surface area contributed by atoms with Crippen molar-refractivity contribution < 1.29 is 22.4 Å². The first-order chi connectivity index (χ1) is 15.0. The summed E-state index contributed by atoms with van der Waals surface area (Å²) in [4.78, 5) is 28.8. The van der Waals surface area contributed by atoms with E-state index in [1.807, 2.05) is 6.92 Å². The molecule has 1 aromatic heterocycles. The Labute approximate surface area is 190 Å². The molecule has 0 radical (unpaired) electrons. The van der Waals surface area contributed by atoms with Crippen molar-refractivity contribution in [2.75, 3.05) is 17.7 Å². The first-order valence-corrected chi connectivity index (χ1v) is 12.3. The second-order valence-corrected chi connectivity index (χ2v) is 10.4. The standard InChI is InChI=1S/C20H23ClFN5O4S/c1-12-9-27-18(11-25(12)19(28)6-13-3-4-16(22)15(21)5-13)17(8-23-27)26-10-14(7-20(26)29)24-32(2,30)31/h3-5,8,12,14,24H,6-7,9-11H2,1-2H3/t12-,14?/m0/s1. The van der Waals surface area contributed by atoms with E-state index >= 15 is 0 Å². The highest BCUT2D eigenvalue weighted by Crippen LogP contribution is 2.30. The van der Waals surface area contributed by atoms with Crippen LogP contribution >= 0.6 is 11.6 Å². The van der Waals surface area contributed by atoms with Gasteiger partial charge in [0, 0.05) is 25.0 Å². The molecule has 0 saturated carbocycles. The highest BCUT2D eigenvalue weighted by molar-refractivity contribution is 7.88. The van der Waals surface area contributed by atoms with Crippen LogP contribution in [0.1, 0.15) is 24.6 Å². The monoisotopic (exact) mass is 483 g/mol. The molecule has 0 spiro atoms. The van der Waals surface area contributed by atoms with Crippen molar-refractivity contribution in [1.82, 2.24) is 19.4 Å². The number of rotatable bonds is 5. The molecule has 2 amide bonds. The van der Waals surface area contributed by atoms with Gasteiger partial charge in [-0.15, -0.1) is 0 Å². The Morgan fingerprint density at radius 2 is 2.09 bits per heavy atom. The average Bonchev–Trinajstić information content (AvgIpc) is 3.24. The van der Waals surface area contributed by atoms with Crippen LogP contribution in [-0.2, 0) is 39.1 Å². The highest BCUT2D eigenvalue weighted by Gasteiger charge is 2.37. The van der Waals surface area contributed by atoms with E-state index in [2.05, 4.69) is 9.82 Å². The van der Waals surface area contributed by atoms with E-state index in [-0.39, 0.29) is 48.8 Å². The van der Waals surface area contributed by atoms with Gasteiger partial charge in [-0.1, -0.05) is 17.7 Å². The molecule has 3 heterocycles. The minimum Gasteiger partial charge on any atom is -0.332 e. The zero-order chi connectivity index (χ0) is 23.2. The van der Waals surface area contributed by atoms with Gasteiger partial charge in [-0.05, 0) is 24.6 Å². The normalized spacial score (nSPS) is 21.2. The van der Waals surface area contributed by atoms with Gasteiger partial charge in [-0.2, -0.15) is 5.10 Å². The number of hydrogen-bond donors (Lipinski definition) is 1. The number of aromatic nitrogens is 2. The van der Waals surface area contributed by atoms with Crippen LogP contribution in [0.15, 0.2) is 24.4 Å². The lowest BCUT2D eigenvalue weighted by Gasteiger charge is -2.35. The lowest BCUT2D eigenvalue weighted by atomic mass is 10.1. The second kappa shape index (κ2) is 8.45. The number of halogens is 2. The molecule has 0 aliphatic carbocycles. The third-order valence-corrected chi connectivity index (χ3v) is 6.72. The maximum Gasteiger partial charge on any atom is 0.228 e. The van der Waals surface area contributed by atoms with Crippen molar-refractivity contribution in [2.45, 2.75) is 44.9 Å². The number of carbonyl (C=O) groups excluding carboxylic acids is 2. The lowest BCUT2D eigenvalue weighted by Crippen LogP contribution is -2.46. The van der Waals surface area contributed by atoms with Crippen LogP contribution in [0.2, 0.25) is 5.02 Å². The number of nitrogens with one attached hydrogen (secondary N) is 1. The number of fused-ring (bicyclic) bond motifs is 1. The largest absolute Gasteiger partial charge is 0.332 e. The Kier molecular flexibility index (Phi) is 5.99. The fraction of sp³-hybridized carbons (Fsp3) is 0.450. The van der Waals surface area contributed by atoms with Gasteiger partial charge in [0.15, 0.2) is 0 Å². The zero-order valence-corrected chi connectivity index (χ0v) is 19.2. The van der Waals surface area contributed by atoms with Crippen LogP contribution < -0.4 is 9.62 Å². The summed E-state index contributed by atoms with van der Waals surface area (Å²) in [5.74, 6) is -0.899. The Morgan fingerprint density at radius 3 is 2.78 bits per heavy atom. The van der Waals surface area contributed by atoms with E-state index in [0.29, 0.717) is 23.5 Å². The number of sulfonamides is 1. The molecule has 12 heteroatoms. The smallest absolute Gasteiger partial charge is 0.228 e. The van der Waals surface area contributed by atoms with E-state index < -0.39 is 21.9 Å². The van der Waals surface area contributed by atoms with Gasteiger partial charge < -0.3 is 9.80 Å². The van der Waals surface area contributed by atoms with Gasteiger partial charge in [0.05, 0.1) is 48.4 Å². The summed E-state index contributed by atoms with van der Waals surface area (Å²) in [6, 6.07) is 3.56. The molecule has 0 bridgehead atoms. The predicted molar refractivity (Wildman–Crippen MR) is 116 cm³/mol. The summed E-state index contributed by atoms with van der Waals surface area (Å²) in [5.41, 5.74) is 1.89. The molecule has 1 saturated heterocycles. The van der Waals surface area contributed by atoms with Gasteiger partial charge in [0.2, 0.25) is 21.8 Å². The van der Waals surface area contributed by atoms with Crippen LogP contribution in [0.4, 0.5) is 10.1 Å². The van der Waals surface area contributed by atoms with Crippen molar-refractivity contribution >= 4 is 39.1 Å². The van der Waals surface area contributed by atoms with Crippen LogP contribution in [0.25, 0.3) is 0 Å². The zero-order valence-electron chi connectivity index (χ0n) is 17.6. The van der Waals surface area contributed by atoms with Crippen molar-refractivity contribution in [2.24, 2.45) is 0 Å². The molecular formula is C20H23ClFN5O4S. The average molecular weight is 484 g/mol. The number of nitrogens with zero attached hydrogens (tertiary/aromatic N) is 4. The number of carbonyl (C=O) groups is 2. The summed E-state index contributed by atoms with van der Waals surface area (Å²) in [6.45, 7) is 2.81. The Balaban J connectivity index is 1.52. The number of benzene rings is 1. The SMILES string of the molecule is C[C@H]1Cn2ncc(N3CC(NS(C)(=O)=O)CC3=O)c2CN1C(=O)Cc1ccc(F)c(Cl)c1. The third kappa shape index (κ3) is 4.64. The van der Waals surface area contributed by atoms with E-state index in [4.69, 9.17) is 11.6 Å². The highest BCUT2D eigenvalue weighted by atomic mass is 35.5. The molecule has 1 aromatic carbocycles. The molecule has 9 nitrogen and oxygen atoms in total. The van der Waals surface area contributed by atoms with Crippen LogP contribution in [0, 0.1) is 5.82 Å². The number of hydrogen-bond acceptors (Lipinski definition) is 5. The van der Waals surface area contributed by atoms with Crippen molar-refractivity contribution in [3.8, 4) is 0 Å². The molecule has 1 fully saturated rings. The molecule has 172 valence electrons. The van der Waals surface area contributed by atoms with Gasteiger partial charge in [0.1, 0.15) is 5.82 Å². The minimum absolute atomic E-state index is 0.0350. The quantitative estimate of drug-likeness (QED) is 0.690. The van der Waals surface area contributed by atoms with Crippen molar-refractivity contribution in [3.05, 3.63) is 46.5 Å². The molecule has 32 heavy (non-hydrogen) atoms. The topological polar surface area (TPSA) is 105 Å². The van der Waals surface area contributed by atoms with Crippen molar-refractivity contribution in [3.63, 3.8) is 0 Å². The number of anilines is 1. The van der Waals surface area contributed by atoms with Crippen LogP contribution in [0.3, 0.4) is 0 Å². The molecular weight excluding hydrogens is 461 g/mol. The maximum atomic E-state index is 13.4. The number of amides is 2. The molecule has 2 aliphatic heterocycles. The first-order valence-electron chi connectivity index (χ1n) is 10.1. The molecule has 2 aliphatic rings. The molecule has 2 aromatic rings. The summed E-state index contributed by atoms with van der Waals surface area (Å²) < 4.78 is 40.7. The fourth-order valence-electron chi connectivity index (χ4n) is 4.19. The Hall–Kier alpha value is -2.50. The second-order valence-electron chi connectivity index (χ2n) is 8.25. The van der Waals surface area contributed by atoms with E-state index in [9.17, 15) is 22.4 Å². The van der Waals surface area contributed by atoms with Crippen LogP contribution in [-0.4, -0.2) is 59.8 Å². The summed E-state index contributed by atoms with van der Waals surface area (Å²) in [7, 11) is -3.44. The van der Waals surface area contributed by atoms with Gasteiger partial charge in [-0.3, -0.25) is 14.3 Å².